The molecule has 132 valence electrons. The van der Waals surface area contributed by atoms with Crippen molar-refractivity contribution in [1.82, 2.24) is 5.32 Å². The molecule has 24 heavy (non-hydrogen) atoms. The summed E-state index contributed by atoms with van der Waals surface area (Å²) in [5.74, 6) is 0.703. The second-order valence-corrected chi connectivity index (χ2v) is 6.05. The first-order valence-corrected chi connectivity index (χ1v) is 8.25. The van der Waals surface area contributed by atoms with Gasteiger partial charge in [0, 0.05) is 24.9 Å². The Labute approximate surface area is 142 Å². The molecule has 0 saturated carbocycles. The van der Waals surface area contributed by atoms with Gasteiger partial charge >= 0.3 is 0 Å². The van der Waals surface area contributed by atoms with Crippen molar-refractivity contribution >= 4 is 5.91 Å². The van der Waals surface area contributed by atoms with E-state index in [2.05, 4.69) is 5.32 Å². The van der Waals surface area contributed by atoms with Crippen molar-refractivity contribution in [3.8, 4) is 5.75 Å². The van der Waals surface area contributed by atoms with Crippen LogP contribution in [0.5, 0.6) is 5.75 Å². The fourth-order valence-electron chi connectivity index (χ4n) is 2.54. The minimum absolute atomic E-state index is 0.0498. The van der Waals surface area contributed by atoms with Crippen LogP contribution in [0.1, 0.15) is 26.2 Å². The van der Waals surface area contributed by atoms with Crippen molar-refractivity contribution in [2.45, 2.75) is 32.3 Å². The molecule has 5 nitrogen and oxygen atoms in total. The molecule has 1 aliphatic rings. The van der Waals surface area contributed by atoms with Gasteiger partial charge < -0.3 is 20.5 Å². The Morgan fingerprint density at radius 2 is 2.17 bits per heavy atom. The molecule has 1 amide bonds. The third kappa shape index (κ3) is 5.85. The predicted octanol–water partition coefficient (Wildman–Crippen LogP) is 2.37. The molecule has 0 radical (unpaired) electrons. The summed E-state index contributed by atoms with van der Waals surface area (Å²) in [4.78, 5) is 11.6. The fraction of sp³-hybridized carbons (Fsp3) is 0.500. The van der Waals surface area contributed by atoms with Crippen LogP contribution >= 0.6 is 0 Å². The zero-order chi connectivity index (χ0) is 17.4. The summed E-state index contributed by atoms with van der Waals surface area (Å²) in [6.45, 7) is 3.43. The lowest BCUT2D eigenvalue weighted by molar-refractivity contribution is -0.118. The third-order valence-electron chi connectivity index (χ3n) is 4.17. The molecule has 1 aromatic carbocycles. The third-order valence-corrected chi connectivity index (χ3v) is 4.17. The van der Waals surface area contributed by atoms with Crippen LogP contribution in [0, 0.1) is 11.7 Å². The Hall–Kier alpha value is -2.08. The van der Waals surface area contributed by atoms with Crippen molar-refractivity contribution < 1.29 is 18.7 Å². The van der Waals surface area contributed by atoms with Crippen LogP contribution in [0.4, 0.5) is 4.39 Å². The number of carbonyl (C=O) groups excluding carboxylic acids is 1. The van der Waals surface area contributed by atoms with E-state index in [1.807, 2.05) is 0 Å². The second kappa shape index (κ2) is 9.27. The molecule has 2 atom stereocenters. The number of hydrogen-bond donors (Lipinski definition) is 2. The van der Waals surface area contributed by atoms with Gasteiger partial charge in [0.25, 0.3) is 0 Å². The van der Waals surface area contributed by atoms with E-state index in [1.54, 1.807) is 19.1 Å². The summed E-state index contributed by atoms with van der Waals surface area (Å²) in [5.41, 5.74) is 5.81. The Bertz CT molecular complexity index is 552. The SMILES string of the molecule is C/C(=C\N)C(=O)NC[C@H]1CC[C@@H](CCOc2ccc(F)cc2)CO1. The summed E-state index contributed by atoms with van der Waals surface area (Å²) >= 11 is 0. The zero-order valence-electron chi connectivity index (χ0n) is 14.0. The maximum Gasteiger partial charge on any atom is 0.248 e. The van der Waals surface area contributed by atoms with Gasteiger partial charge in [-0.15, -0.1) is 0 Å². The summed E-state index contributed by atoms with van der Waals surface area (Å²) in [7, 11) is 0. The molecule has 1 aromatic rings. The molecule has 0 spiro atoms. The lowest BCUT2D eigenvalue weighted by Gasteiger charge is -2.29. The van der Waals surface area contributed by atoms with E-state index in [0.29, 0.717) is 37.0 Å². The average molecular weight is 336 g/mol. The van der Waals surface area contributed by atoms with Gasteiger partial charge in [-0.05, 0) is 56.4 Å². The Morgan fingerprint density at radius 1 is 1.42 bits per heavy atom. The topological polar surface area (TPSA) is 73.6 Å². The average Bonchev–Trinajstić information content (AvgIpc) is 2.61. The van der Waals surface area contributed by atoms with Crippen molar-refractivity contribution in [2.75, 3.05) is 19.8 Å². The highest BCUT2D eigenvalue weighted by Crippen LogP contribution is 2.22. The summed E-state index contributed by atoms with van der Waals surface area (Å²) in [6, 6.07) is 6.03. The van der Waals surface area contributed by atoms with E-state index in [-0.39, 0.29) is 17.8 Å². The molecule has 0 aliphatic carbocycles. The van der Waals surface area contributed by atoms with Gasteiger partial charge in [-0.1, -0.05) is 0 Å². The number of amides is 1. The number of rotatable bonds is 7. The van der Waals surface area contributed by atoms with E-state index in [9.17, 15) is 9.18 Å². The predicted molar refractivity (Wildman–Crippen MR) is 89.9 cm³/mol. The lowest BCUT2D eigenvalue weighted by Crippen LogP contribution is -2.38. The van der Waals surface area contributed by atoms with Crippen LogP contribution in [0.3, 0.4) is 0 Å². The quantitative estimate of drug-likeness (QED) is 0.750. The van der Waals surface area contributed by atoms with Crippen molar-refractivity contribution in [3.05, 3.63) is 41.9 Å². The smallest absolute Gasteiger partial charge is 0.248 e. The Kier molecular flexibility index (Phi) is 7.06. The standard InChI is InChI=1S/C18H25FN2O3/c1-13(10-20)18(22)21-11-17-5-2-14(12-24-17)8-9-23-16-6-3-15(19)4-7-16/h3-4,6-7,10,14,17H,2,5,8-9,11-12,20H2,1H3,(H,21,22)/b13-10+/t14-,17+/m0/s1. The molecular formula is C18H25FN2O3. The van der Waals surface area contributed by atoms with Gasteiger partial charge in [0.2, 0.25) is 5.91 Å². The van der Waals surface area contributed by atoms with E-state index in [1.165, 1.54) is 18.3 Å². The number of carbonyl (C=O) groups is 1. The van der Waals surface area contributed by atoms with Crippen LogP contribution in [-0.4, -0.2) is 31.8 Å². The van der Waals surface area contributed by atoms with Gasteiger partial charge in [0.05, 0.1) is 12.7 Å². The maximum absolute atomic E-state index is 12.8. The maximum atomic E-state index is 12.8. The molecule has 0 aromatic heterocycles. The first-order chi connectivity index (χ1) is 11.6. The van der Waals surface area contributed by atoms with Crippen LogP contribution in [-0.2, 0) is 9.53 Å². The zero-order valence-corrected chi connectivity index (χ0v) is 14.0. The normalized spacial score (nSPS) is 21.3. The van der Waals surface area contributed by atoms with Crippen LogP contribution in [0.25, 0.3) is 0 Å². The summed E-state index contributed by atoms with van der Waals surface area (Å²) in [6.07, 6.45) is 4.19. The van der Waals surface area contributed by atoms with Crippen molar-refractivity contribution in [3.63, 3.8) is 0 Å². The molecule has 1 saturated heterocycles. The summed E-state index contributed by atoms with van der Waals surface area (Å²) in [5, 5.41) is 2.82. The van der Waals surface area contributed by atoms with Gasteiger partial charge in [0.1, 0.15) is 11.6 Å². The number of benzene rings is 1. The lowest BCUT2D eigenvalue weighted by atomic mass is 9.95. The van der Waals surface area contributed by atoms with E-state index >= 15 is 0 Å². The minimum Gasteiger partial charge on any atom is -0.494 e. The highest BCUT2D eigenvalue weighted by atomic mass is 19.1. The first kappa shape index (κ1) is 18.3. The van der Waals surface area contributed by atoms with E-state index < -0.39 is 0 Å². The molecule has 3 N–H and O–H groups in total. The van der Waals surface area contributed by atoms with E-state index in [4.69, 9.17) is 15.2 Å². The fourth-order valence-corrected chi connectivity index (χ4v) is 2.54. The molecule has 0 unspecified atom stereocenters. The largest absolute Gasteiger partial charge is 0.494 e. The highest BCUT2D eigenvalue weighted by molar-refractivity contribution is 5.92. The number of halogens is 1. The molecule has 2 rings (SSSR count). The number of ether oxygens (including phenoxy) is 2. The molecule has 1 fully saturated rings. The first-order valence-electron chi connectivity index (χ1n) is 8.25. The van der Waals surface area contributed by atoms with Crippen LogP contribution < -0.4 is 15.8 Å². The van der Waals surface area contributed by atoms with Crippen molar-refractivity contribution in [1.29, 1.82) is 0 Å². The number of hydrogen-bond acceptors (Lipinski definition) is 4. The molecule has 0 bridgehead atoms. The number of nitrogens with two attached hydrogens (primary N) is 1. The Morgan fingerprint density at radius 3 is 2.79 bits per heavy atom. The van der Waals surface area contributed by atoms with Gasteiger partial charge in [-0.3, -0.25) is 4.79 Å². The van der Waals surface area contributed by atoms with Crippen LogP contribution in [0.15, 0.2) is 36.0 Å². The monoisotopic (exact) mass is 336 g/mol. The molecular weight excluding hydrogens is 311 g/mol. The minimum atomic E-state index is -0.265. The van der Waals surface area contributed by atoms with Crippen LogP contribution in [0.2, 0.25) is 0 Å². The molecule has 1 heterocycles. The van der Waals surface area contributed by atoms with Crippen molar-refractivity contribution in [2.24, 2.45) is 11.7 Å². The van der Waals surface area contributed by atoms with Gasteiger partial charge in [-0.2, -0.15) is 0 Å². The van der Waals surface area contributed by atoms with Gasteiger partial charge in [-0.25, -0.2) is 4.39 Å². The van der Waals surface area contributed by atoms with Gasteiger partial charge in [0.15, 0.2) is 0 Å². The second-order valence-electron chi connectivity index (χ2n) is 6.05. The number of nitrogens with one attached hydrogen (secondary N) is 1. The Balaban J connectivity index is 1.60. The van der Waals surface area contributed by atoms with E-state index in [0.717, 1.165) is 19.3 Å². The highest BCUT2D eigenvalue weighted by Gasteiger charge is 2.22. The molecule has 1 aliphatic heterocycles. The molecule has 6 heteroatoms. The summed E-state index contributed by atoms with van der Waals surface area (Å²) < 4.78 is 24.2.